The molecule has 2 rings (SSSR count). The lowest BCUT2D eigenvalue weighted by atomic mass is 10.1. The predicted molar refractivity (Wildman–Crippen MR) is 97.9 cm³/mol. The Hall–Kier alpha value is -2.07. The van der Waals surface area contributed by atoms with Gasteiger partial charge < -0.3 is 15.4 Å². The molecule has 4 heteroatoms. The van der Waals surface area contributed by atoms with Gasteiger partial charge in [-0.15, -0.1) is 0 Å². The largest absolute Gasteiger partial charge is 0.382 e. The second-order valence-electron chi connectivity index (χ2n) is 5.35. The van der Waals surface area contributed by atoms with E-state index in [9.17, 15) is 0 Å². The fourth-order valence-electron chi connectivity index (χ4n) is 2.37. The summed E-state index contributed by atoms with van der Waals surface area (Å²) in [5, 5.41) is 9.15. The number of ether oxygens (including phenoxy) is 1. The molecule has 23 heavy (non-hydrogen) atoms. The average molecular weight is 313 g/mol. The quantitative estimate of drug-likeness (QED) is 0.446. The minimum absolute atomic E-state index is 0.672. The van der Waals surface area contributed by atoms with Crippen molar-refractivity contribution in [2.24, 2.45) is 4.99 Å². The molecule has 0 atom stereocenters. The normalized spacial score (nSPS) is 11.7. The number of aliphatic imine (C=N–C) groups is 1. The van der Waals surface area contributed by atoms with Crippen LogP contribution in [0.25, 0.3) is 10.8 Å². The number of hydrogen-bond donors (Lipinski definition) is 2. The van der Waals surface area contributed by atoms with E-state index in [1.54, 1.807) is 0 Å². The highest BCUT2D eigenvalue weighted by atomic mass is 16.5. The summed E-state index contributed by atoms with van der Waals surface area (Å²) >= 11 is 0. The molecular formula is C19H27N3O. The zero-order chi connectivity index (χ0) is 16.3. The van der Waals surface area contributed by atoms with E-state index in [1.807, 2.05) is 6.92 Å². The van der Waals surface area contributed by atoms with Crippen LogP contribution in [0.1, 0.15) is 25.8 Å². The number of nitrogens with one attached hydrogen (secondary N) is 2. The highest BCUT2D eigenvalue weighted by Crippen LogP contribution is 2.16. The second kappa shape index (κ2) is 9.85. The SMILES string of the molecule is CCNC(=NCc1ccc2ccccc2c1)NCCCOCC. The van der Waals surface area contributed by atoms with Gasteiger partial charge in [0.2, 0.25) is 0 Å². The Kier molecular flexibility index (Phi) is 7.40. The Bertz CT molecular complexity index is 625. The molecule has 0 aliphatic heterocycles. The van der Waals surface area contributed by atoms with Gasteiger partial charge in [-0.1, -0.05) is 36.4 Å². The van der Waals surface area contributed by atoms with Crippen molar-refractivity contribution in [3.63, 3.8) is 0 Å². The van der Waals surface area contributed by atoms with Gasteiger partial charge in [0.15, 0.2) is 5.96 Å². The van der Waals surface area contributed by atoms with Crippen LogP contribution in [-0.4, -0.2) is 32.3 Å². The van der Waals surface area contributed by atoms with Crippen molar-refractivity contribution in [3.05, 3.63) is 48.0 Å². The first-order valence-corrected chi connectivity index (χ1v) is 8.41. The summed E-state index contributed by atoms with van der Waals surface area (Å²) in [5.74, 6) is 0.858. The molecule has 0 aliphatic carbocycles. The lowest BCUT2D eigenvalue weighted by Gasteiger charge is -2.11. The standard InChI is InChI=1S/C19H27N3O/c1-3-20-19(21-12-7-13-23-4-2)22-15-16-10-11-17-8-5-6-9-18(17)14-16/h5-6,8-11,14H,3-4,7,12-13,15H2,1-2H3,(H2,20,21,22). The van der Waals surface area contributed by atoms with E-state index in [-0.39, 0.29) is 0 Å². The maximum atomic E-state index is 5.35. The Morgan fingerprint density at radius 2 is 1.87 bits per heavy atom. The van der Waals surface area contributed by atoms with Gasteiger partial charge in [0.1, 0.15) is 0 Å². The zero-order valence-corrected chi connectivity index (χ0v) is 14.1. The molecule has 0 unspecified atom stereocenters. The summed E-state index contributed by atoms with van der Waals surface area (Å²) in [7, 11) is 0. The molecule has 0 spiro atoms. The molecule has 0 bridgehead atoms. The fourth-order valence-corrected chi connectivity index (χ4v) is 2.37. The third kappa shape index (κ3) is 5.91. The molecular weight excluding hydrogens is 286 g/mol. The Morgan fingerprint density at radius 3 is 2.65 bits per heavy atom. The van der Waals surface area contributed by atoms with Crippen LogP contribution in [0.5, 0.6) is 0 Å². The van der Waals surface area contributed by atoms with E-state index in [0.717, 1.165) is 38.7 Å². The van der Waals surface area contributed by atoms with Crippen molar-refractivity contribution in [1.29, 1.82) is 0 Å². The highest BCUT2D eigenvalue weighted by molar-refractivity contribution is 5.83. The molecule has 0 aromatic heterocycles. The summed E-state index contributed by atoms with van der Waals surface area (Å²) < 4.78 is 5.35. The maximum absolute atomic E-state index is 5.35. The zero-order valence-electron chi connectivity index (χ0n) is 14.1. The maximum Gasteiger partial charge on any atom is 0.191 e. The van der Waals surface area contributed by atoms with Crippen LogP contribution < -0.4 is 10.6 Å². The molecule has 0 amide bonds. The molecule has 4 nitrogen and oxygen atoms in total. The molecule has 0 heterocycles. The number of fused-ring (bicyclic) bond motifs is 1. The van der Waals surface area contributed by atoms with Crippen molar-refractivity contribution in [3.8, 4) is 0 Å². The first kappa shape index (κ1) is 17.3. The summed E-state index contributed by atoms with van der Waals surface area (Å²) in [6, 6.07) is 14.9. The molecule has 0 fully saturated rings. The molecule has 2 aromatic rings. The second-order valence-corrected chi connectivity index (χ2v) is 5.35. The van der Waals surface area contributed by atoms with E-state index in [0.29, 0.717) is 6.54 Å². The third-order valence-corrected chi connectivity index (χ3v) is 3.54. The van der Waals surface area contributed by atoms with E-state index in [4.69, 9.17) is 4.74 Å². The monoisotopic (exact) mass is 313 g/mol. The molecule has 2 N–H and O–H groups in total. The van der Waals surface area contributed by atoms with Crippen LogP contribution in [0, 0.1) is 0 Å². The van der Waals surface area contributed by atoms with Gasteiger partial charge in [0, 0.05) is 26.3 Å². The average Bonchev–Trinajstić information content (AvgIpc) is 2.59. The van der Waals surface area contributed by atoms with E-state index in [2.05, 4.69) is 65.0 Å². The van der Waals surface area contributed by atoms with Gasteiger partial charge in [-0.2, -0.15) is 0 Å². The smallest absolute Gasteiger partial charge is 0.191 e. The number of nitrogens with zero attached hydrogens (tertiary/aromatic N) is 1. The van der Waals surface area contributed by atoms with Crippen molar-refractivity contribution < 1.29 is 4.74 Å². The number of hydrogen-bond acceptors (Lipinski definition) is 2. The summed E-state index contributed by atoms with van der Waals surface area (Å²) in [5.41, 5.74) is 1.22. The molecule has 2 aromatic carbocycles. The Balaban J connectivity index is 1.92. The fraction of sp³-hybridized carbons (Fsp3) is 0.421. The highest BCUT2D eigenvalue weighted by Gasteiger charge is 1.99. The van der Waals surface area contributed by atoms with E-state index in [1.165, 1.54) is 16.3 Å². The molecule has 0 radical (unpaired) electrons. The molecule has 124 valence electrons. The molecule has 0 aliphatic rings. The summed E-state index contributed by atoms with van der Waals surface area (Å²) in [6.45, 7) is 8.05. The van der Waals surface area contributed by atoms with Crippen LogP contribution >= 0.6 is 0 Å². The van der Waals surface area contributed by atoms with Crippen molar-refractivity contribution in [1.82, 2.24) is 10.6 Å². The Morgan fingerprint density at radius 1 is 1.04 bits per heavy atom. The minimum atomic E-state index is 0.672. The topological polar surface area (TPSA) is 45.7 Å². The van der Waals surface area contributed by atoms with Gasteiger partial charge in [0.25, 0.3) is 0 Å². The predicted octanol–water partition coefficient (Wildman–Crippen LogP) is 3.32. The Labute approximate surface area is 139 Å². The molecule has 0 saturated heterocycles. The minimum Gasteiger partial charge on any atom is -0.382 e. The van der Waals surface area contributed by atoms with Crippen molar-refractivity contribution in [2.75, 3.05) is 26.3 Å². The first-order chi connectivity index (χ1) is 11.3. The number of guanidine groups is 1. The van der Waals surface area contributed by atoms with E-state index >= 15 is 0 Å². The van der Waals surface area contributed by atoms with Crippen LogP contribution in [0.4, 0.5) is 0 Å². The number of benzene rings is 2. The molecule has 0 saturated carbocycles. The van der Waals surface area contributed by atoms with Crippen molar-refractivity contribution in [2.45, 2.75) is 26.8 Å². The van der Waals surface area contributed by atoms with Gasteiger partial charge in [-0.25, -0.2) is 4.99 Å². The van der Waals surface area contributed by atoms with Gasteiger partial charge in [-0.05, 0) is 42.7 Å². The number of rotatable bonds is 8. The first-order valence-electron chi connectivity index (χ1n) is 8.41. The van der Waals surface area contributed by atoms with E-state index < -0.39 is 0 Å². The summed E-state index contributed by atoms with van der Waals surface area (Å²) in [6.07, 6.45) is 0.980. The van der Waals surface area contributed by atoms with Crippen LogP contribution in [-0.2, 0) is 11.3 Å². The lowest BCUT2D eigenvalue weighted by molar-refractivity contribution is 0.145. The summed E-state index contributed by atoms with van der Waals surface area (Å²) in [4.78, 5) is 4.66. The van der Waals surface area contributed by atoms with Gasteiger partial charge >= 0.3 is 0 Å². The lowest BCUT2D eigenvalue weighted by Crippen LogP contribution is -2.38. The van der Waals surface area contributed by atoms with Gasteiger partial charge in [-0.3, -0.25) is 0 Å². The third-order valence-electron chi connectivity index (χ3n) is 3.54. The van der Waals surface area contributed by atoms with Gasteiger partial charge in [0.05, 0.1) is 6.54 Å². The van der Waals surface area contributed by atoms with Crippen LogP contribution in [0.15, 0.2) is 47.5 Å². The van der Waals surface area contributed by atoms with Crippen LogP contribution in [0.3, 0.4) is 0 Å². The van der Waals surface area contributed by atoms with Crippen molar-refractivity contribution >= 4 is 16.7 Å². The van der Waals surface area contributed by atoms with Crippen LogP contribution in [0.2, 0.25) is 0 Å².